The highest BCUT2D eigenvalue weighted by Gasteiger charge is 2.33. The largest absolute Gasteiger partial charge is 0.497 e. The third kappa shape index (κ3) is 6.17. The van der Waals surface area contributed by atoms with Crippen LogP contribution in [0.25, 0.3) is 21.9 Å². The number of aryl methyl sites for hydroxylation is 1. The molecular formula is C31H30F3NO3. The van der Waals surface area contributed by atoms with Crippen LogP contribution in [0.4, 0.5) is 13.2 Å². The van der Waals surface area contributed by atoms with Crippen LogP contribution in [0.15, 0.2) is 78.9 Å². The van der Waals surface area contributed by atoms with Crippen molar-refractivity contribution in [3.8, 4) is 16.9 Å². The van der Waals surface area contributed by atoms with E-state index in [1.165, 1.54) is 12.1 Å². The number of aliphatic carboxylic acids is 1. The van der Waals surface area contributed by atoms with E-state index in [0.29, 0.717) is 5.56 Å². The Morgan fingerprint density at radius 1 is 0.921 bits per heavy atom. The number of fused-ring (bicyclic) bond motifs is 1. The topological polar surface area (TPSA) is 58.6 Å². The molecule has 2 atom stereocenters. The number of carboxylic acid groups (broad SMARTS) is 1. The third-order valence-corrected chi connectivity index (χ3v) is 6.81. The van der Waals surface area contributed by atoms with E-state index in [1.807, 2.05) is 54.6 Å². The van der Waals surface area contributed by atoms with E-state index in [0.717, 1.165) is 39.3 Å². The summed E-state index contributed by atoms with van der Waals surface area (Å²) in [6, 6.07) is 23.6. The van der Waals surface area contributed by atoms with E-state index < -0.39 is 17.7 Å². The molecule has 198 valence electrons. The summed E-state index contributed by atoms with van der Waals surface area (Å²) in [5, 5.41) is 14.6. The summed E-state index contributed by atoms with van der Waals surface area (Å²) in [6.07, 6.45) is -5.15. The number of benzene rings is 4. The lowest BCUT2D eigenvalue weighted by atomic mass is 9.90. The summed E-state index contributed by atoms with van der Waals surface area (Å²) in [5.41, 5.74) is 2.65. The fourth-order valence-corrected chi connectivity index (χ4v) is 4.79. The molecule has 4 rings (SSSR count). The van der Waals surface area contributed by atoms with Gasteiger partial charge in [0.15, 0.2) is 0 Å². The van der Waals surface area contributed by atoms with Crippen molar-refractivity contribution >= 4 is 16.7 Å². The van der Waals surface area contributed by atoms with E-state index in [9.17, 15) is 18.0 Å². The monoisotopic (exact) mass is 521 g/mol. The van der Waals surface area contributed by atoms with Gasteiger partial charge in [0.2, 0.25) is 0 Å². The Labute approximate surface area is 220 Å². The number of hydrogen-bond acceptors (Lipinski definition) is 3. The van der Waals surface area contributed by atoms with Crippen LogP contribution in [0.1, 0.15) is 54.6 Å². The van der Waals surface area contributed by atoms with Crippen LogP contribution in [0, 0.1) is 0 Å². The molecule has 0 aliphatic carbocycles. The quantitative estimate of drug-likeness (QED) is 0.235. The Balaban J connectivity index is 1.74. The van der Waals surface area contributed by atoms with Crippen molar-refractivity contribution < 1.29 is 27.8 Å². The zero-order chi connectivity index (χ0) is 27.4. The molecule has 0 spiro atoms. The predicted octanol–water partition coefficient (Wildman–Crippen LogP) is 7.96. The lowest BCUT2D eigenvalue weighted by Crippen LogP contribution is -2.22. The van der Waals surface area contributed by atoms with Gasteiger partial charge in [0.25, 0.3) is 0 Å². The SMILES string of the molecule is COc1cccc([C@@H](C)NC(C)c2cc(-c3ccc(C(F)(F)F)c(CCC(=O)O)c3)c3ccccc3c2)c1. The molecule has 38 heavy (non-hydrogen) atoms. The minimum atomic E-state index is -4.56. The average molecular weight is 522 g/mol. The molecule has 0 aliphatic rings. The summed E-state index contributed by atoms with van der Waals surface area (Å²) >= 11 is 0. The molecular weight excluding hydrogens is 491 g/mol. The van der Waals surface area contributed by atoms with Gasteiger partial charge in [0.1, 0.15) is 5.75 Å². The number of methoxy groups -OCH3 is 1. The van der Waals surface area contributed by atoms with E-state index in [-0.39, 0.29) is 30.5 Å². The molecule has 4 aromatic rings. The van der Waals surface area contributed by atoms with Gasteiger partial charge >= 0.3 is 12.1 Å². The predicted molar refractivity (Wildman–Crippen MR) is 143 cm³/mol. The summed E-state index contributed by atoms with van der Waals surface area (Å²) in [7, 11) is 1.63. The molecule has 0 aromatic heterocycles. The highest BCUT2D eigenvalue weighted by molar-refractivity contribution is 5.97. The Morgan fingerprint density at radius 3 is 2.37 bits per heavy atom. The molecule has 0 fully saturated rings. The van der Waals surface area contributed by atoms with Crippen LogP contribution in [0.5, 0.6) is 5.75 Å². The third-order valence-electron chi connectivity index (χ3n) is 6.81. The van der Waals surface area contributed by atoms with Crippen LogP contribution in [0.3, 0.4) is 0 Å². The second-order valence-electron chi connectivity index (χ2n) is 9.44. The highest BCUT2D eigenvalue weighted by atomic mass is 19.4. The van der Waals surface area contributed by atoms with Gasteiger partial charge < -0.3 is 15.2 Å². The molecule has 0 aliphatic heterocycles. The lowest BCUT2D eigenvalue weighted by Gasteiger charge is -2.23. The molecule has 0 saturated heterocycles. The minimum absolute atomic E-state index is 0.0173. The lowest BCUT2D eigenvalue weighted by molar-refractivity contribution is -0.140. The van der Waals surface area contributed by atoms with Gasteiger partial charge in [-0.05, 0) is 89.2 Å². The van der Waals surface area contributed by atoms with Crippen molar-refractivity contribution in [2.75, 3.05) is 7.11 Å². The maximum Gasteiger partial charge on any atom is 0.416 e. The van der Waals surface area contributed by atoms with Crippen LogP contribution in [0.2, 0.25) is 0 Å². The van der Waals surface area contributed by atoms with Gasteiger partial charge in [0, 0.05) is 18.5 Å². The number of hydrogen-bond donors (Lipinski definition) is 2. The van der Waals surface area contributed by atoms with Crippen LogP contribution in [-0.4, -0.2) is 18.2 Å². The number of carbonyl (C=O) groups is 1. The Bertz CT molecular complexity index is 1450. The second-order valence-corrected chi connectivity index (χ2v) is 9.44. The van der Waals surface area contributed by atoms with Crippen molar-refractivity contribution in [1.82, 2.24) is 5.32 Å². The molecule has 0 radical (unpaired) electrons. The Kier molecular flexibility index (Phi) is 8.07. The van der Waals surface area contributed by atoms with Crippen LogP contribution >= 0.6 is 0 Å². The zero-order valence-electron chi connectivity index (χ0n) is 21.5. The fraction of sp³-hybridized carbons (Fsp3) is 0.258. The van der Waals surface area contributed by atoms with Gasteiger partial charge in [-0.3, -0.25) is 4.79 Å². The van der Waals surface area contributed by atoms with Crippen LogP contribution in [-0.2, 0) is 17.4 Å². The first-order valence-electron chi connectivity index (χ1n) is 12.4. The molecule has 4 nitrogen and oxygen atoms in total. The summed E-state index contributed by atoms with van der Waals surface area (Å²) < 4.78 is 46.4. The van der Waals surface area contributed by atoms with Crippen molar-refractivity contribution in [2.45, 2.75) is 44.9 Å². The van der Waals surface area contributed by atoms with E-state index in [4.69, 9.17) is 9.84 Å². The molecule has 2 N–H and O–H groups in total. The smallest absolute Gasteiger partial charge is 0.416 e. The van der Waals surface area contributed by atoms with Gasteiger partial charge in [-0.2, -0.15) is 13.2 Å². The number of alkyl halides is 3. The minimum Gasteiger partial charge on any atom is -0.497 e. The van der Waals surface area contributed by atoms with Gasteiger partial charge in [-0.15, -0.1) is 0 Å². The highest BCUT2D eigenvalue weighted by Crippen LogP contribution is 2.38. The summed E-state index contributed by atoms with van der Waals surface area (Å²) in [5.74, 6) is -0.362. The van der Waals surface area contributed by atoms with E-state index in [2.05, 4.69) is 25.2 Å². The normalized spacial score (nSPS) is 13.3. The second kappa shape index (κ2) is 11.3. The number of ether oxygens (including phenoxy) is 1. The standard InChI is InChI=1S/C31H30F3NO3/c1-19(21-8-6-9-26(17-21)38-3)35-20(2)25-16-22-7-4-5-10-27(22)28(18-25)23-11-13-29(31(32,33)34)24(15-23)12-14-30(36)37/h4-11,13,15-20,35H,12,14H2,1-3H3,(H,36,37)/t19-,20?/m1/s1. The molecule has 0 bridgehead atoms. The number of rotatable bonds is 9. The van der Waals surface area contributed by atoms with Gasteiger partial charge in [-0.1, -0.05) is 48.5 Å². The maximum absolute atomic E-state index is 13.7. The van der Waals surface area contributed by atoms with Crippen molar-refractivity contribution in [1.29, 1.82) is 0 Å². The molecule has 0 heterocycles. The first kappa shape index (κ1) is 27.2. The Morgan fingerprint density at radius 2 is 1.66 bits per heavy atom. The molecule has 0 amide bonds. The molecule has 0 saturated carbocycles. The van der Waals surface area contributed by atoms with E-state index >= 15 is 0 Å². The first-order chi connectivity index (χ1) is 18.1. The fourth-order valence-electron chi connectivity index (χ4n) is 4.79. The van der Waals surface area contributed by atoms with Crippen molar-refractivity contribution in [2.24, 2.45) is 0 Å². The molecule has 1 unspecified atom stereocenters. The van der Waals surface area contributed by atoms with Crippen molar-refractivity contribution in [3.05, 3.63) is 101 Å². The van der Waals surface area contributed by atoms with Crippen molar-refractivity contribution in [3.63, 3.8) is 0 Å². The molecule has 7 heteroatoms. The molecule has 4 aromatic carbocycles. The van der Waals surface area contributed by atoms with Crippen LogP contribution < -0.4 is 10.1 Å². The average Bonchev–Trinajstić information content (AvgIpc) is 2.90. The Hall–Kier alpha value is -3.84. The maximum atomic E-state index is 13.7. The summed E-state index contributed by atoms with van der Waals surface area (Å²) in [6.45, 7) is 4.12. The first-order valence-corrected chi connectivity index (χ1v) is 12.4. The van der Waals surface area contributed by atoms with Gasteiger partial charge in [0.05, 0.1) is 12.7 Å². The van der Waals surface area contributed by atoms with E-state index in [1.54, 1.807) is 7.11 Å². The van der Waals surface area contributed by atoms with Gasteiger partial charge in [-0.25, -0.2) is 0 Å². The number of nitrogens with one attached hydrogen (secondary N) is 1. The number of carboxylic acids is 1. The summed E-state index contributed by atoms with van der Waals surface area (Å²) in [4.78, 5) is 11.1. The number of halogens is 3. The zero-order valence-corrected chi connectivity index (χ0v) is 21.5.